The Bertz CT molecular complexity index is 426. The molecule has 0 aliphatic heterocycles. The van der Waals surface area contributed by atoms with Crippen molar-refractivity contribution < 1.29 is 0 Å². The van der Waals surface area contributed by atoms with Crippen LogP contribution < -0.4 is 10.6 Å². The molecule has 1 heterocycles. The molecule has 0 aromatic carbocycles. The summed E-state index contributed by atoms with van der Waals surface area (Å²) in [5.74, 6) is 0.848. The van der Waals surface area contributed by atoms with Crippen molar-refractivity contribution in [3.8, 4) is 0 Å². The van der Waals surface area contributed by atoms with Gasteiger partial charge in [-0.05, 0) is 46.8 Å². The highest BCUT2D eigenvalue weighted by molar-refractivity contribution is 14.0. The summed E-state index contributed by atoms with van der Waals surface area (Å²) in [5.41, 5.74) is 0.977. The van der Waals surface area contributed by atoms with Gasteiger partial charge in [-0.25, -0.2) is 4.99 Å². The lowest BCUT2D eigenvalue weighted by molar-refractivity contribution is 0.178. The monoisotopic (exact) mass is 433 g/mol. The van der Waals surface area contributed by atoms with E-state index in [0.717, 1.165) is 31.3 Å². The quantitative estimate of drug-likeness (QED) is 0.376. The number of pyridine rings is 1. The van der Waals surface area contributed by atoms with Gasteiger partial charge in [0.2, 0.25) is 0 Å². The van der Waals surface area contributed by atoms with E-state index in [2.05, 4.69) is 60.1 Å². The fourth-order valence-corrected chi connectivity index (χ4v) is 2.41. The molecule has 0 aliphatic rings. The highest BCUT2D eigenvalue weighted by Gasteiger charge is 2.12. The zero-order valence-corrected chi connectivity index (χ0v) is 17.4. The van der Waals surface area contributed by atoms with E-state index in [1.54, 1.807) is 6.20 Å². The average molecular weight is 433 g/mol. The van der Waals surface area contributed by atoms with Crippen molar-refractivity contribution in [2.45, 2.75) is 53.2 Å². The van der Waals surface area contributed by atoms with E-state index in [0.29, 0.717) is 18.6 Å². The van der Waals surface area contributed by atoms with Crippen molar-refractivity contribution in [2.75, 3.05) is 19.6 Å². The number of aromatic nitrogens is 1. The minimum absolute atomic E-state index is 0. The largest absolute Gasteiger partial charge is 0.357 e. The van der Waals surface area contributed by atoms with E-state index in [1.807, 2.05) is 18.2 Å². The number of aliphatic imine (C=N–C) groups is 1. The van der Waals surface area contributed by atoms with E-state index in [1.165, 1.54) is 0 Å². The highest BCUT2D eigenvalue weighted by atomic mass is 127. The Labute approximate surface area is 158 Å². The Morgan fingerprint density at radius 3 is 2.39 bits per heavy atom. The summed E-state index contributed by atoms with van der Waals surface area (Å²) in [6.45, 7) is 14.3. The summed E-state index contributed by atoms with van der Waals surface area (Å²) in [6, 6.07) is 7.00. The van der Waals surface area contributed by atoms with E-state index < -0.39 is 0 Å². The zero-order chi connectivity index (χ0) is 16.4. The molecule has 5 nitrogen and oxygen atoms in total. The fourth-order valence-electron chi connectivity index (χ4n) is 2.41. The van der Waals surface area contributed by atoms with Gasteiger partial charge in [-0.1, -0.05) is 6.07 Å². The molecule has 0 atom stereocenters. The Kier molecular flexibility index (Phi) is 12.0. The first-order valence-electron chi connectivity index (χ1n) is 8.22. The van der Waals surface area contributed by atoms with Crippen LogP contribution in [0.3, 0.4) is 0 Å². The van der Waals surface area contributed by atoms with Crippen LogP contribution >= 0.6 is 24.0 Å². The predicted molar refractivity (Wildman–Crippen MR) is 109 cm³/mol. The van der Waals surface area contributed by atoms with Crippen molar-refractivity contribution >= 4 is 29.9 Å². The minimum Gasteiger partial charge on any atom is -0.357 e. The van der Waals surface area contributed by atoms with Crippen LogP contribution in [0.15, 0.2) is 29.4 Å². The van der Waals surface area contributed by atoms with Gasteiger partial charge in [0.05, 0.1) is 12.2 Å². The lowest BCUT2D eigenvalue weighted by Gasteiger charge is -2.30. The van der Waals surface area contributed by atoms with Gasteiger partial charge < -0.3 is 10.6 Å². The number of rotatable bonds is 8. The number of hydrogen-bond acceptors (Lipinski definition) is 3. The molecule has 0 unspecified atom stereocenters. The molecule has 0 fully saturated rings. The molecule has 0 aliphatic carbocycles. The third-order valence-electron chi connectivity index (χ3n) is 3.46. The summed E-state index contributed by atoms with van der Waals surface area (Å²) < 4.78 is 0. The van der Waals surface area contributed by atoms with Gasteiger partial charge in [0.25, 0.3) is 0 Å². The molecule has 23 heavy (non-hydrogen) atoms. The second kappa shape index (κ2) is 12.5. The SMILES string of the molecule is CCNC(=NCc1ccccn1)NCCN(C(C)C)C(C)C.I. The van der Waals surface area contributed by atoms with Crippen LogP contribution in [-0.4, -0.2) is 47.6 Å². The van der Waals surface area contributed by atoms with Crippen molar-refractivity contribution in [1.82, 2.24) is 20.5 Å². The molecule has 0 bridgehead atoms. The maximum absolute atomic E-state index is 4.58. The van der Waals surface area contributed by atoms with Crippen LogP contribution in [-0.2, 0) is 6.54 Å². The van der Waals surface area contributed by atoms with Crippen molar-refractivity contribution in [2.24, 2.45) is 4.99 Å². The summed E-state index contributed by atoms with van der Waals surface area (Å²) >= 11 is 0. The first-order chi connectivity index (χ1) is 10.5. The van der Waals surface area contributed by atoms with E-state index in [9.17, 15) is 0 Å². The predicted octanol–water partition coefficient (Wildman–Crippen LogP) is 2.87. The number of hydrogen-bond donors (Lipinski definition) is 2. The molecule has 0 saturated heterocycles. The summed E-state index contributed by atoms with van der Waals surface area (Å²) in [5, 5.41) is 6.68. The van der Waals surface area contributed by atoms with Crippen molar-refractivity contribution in [3.05, 3.63) is 30.1 Å². The second-order valence-electron chi connectivity index (χ2n) is 5.87. The number of guanidine groups is 1. The molecule has 1 rings (SSSR count). The molecule has 1 aromatic rings. The molecular weight excluding hydrogens is 401 g/mol. The standard InChI is InChI=1S/C17H31N5.HI/c1-6-18-17(21-13-16-9-7-8-10-19-16)20-11-12-22(14(2)3)15(4)5;/h7-10,14-15H,6,11-13H2,1-5H3,(H2,18,20,21);1H. The van der Waals surface area contributed by atoms with Crippen LogP contribution in [0.4, 0.5) is 0 Å². The summed E-state index contributed by atoms with van der Waals surface area (Å²) in [6.07, 6.45) is 1.80. The third kappa shape index (κ3) is 9.10. The van der Waals surface area contributed by atoms with Crippen molar-refractivity contribution in [1.29, 1.82) is 0 Å². The van der Waals surface area contributed by atoms with Gasteiger partial charge in [0, 0.05) is 37.9 Å². The van der Waals surface area contributed by atoms with Gasteiger partial charge in [0.15, 0.2) is 5.96 Å². The Hall–Kier alpha value is -0.890. The number of halogens is 1. The van der Waals surface area contributed by atoms with Gasteiger partial charge in [-0.3, -0.25) is 9.88 Å². The molecule has 1 aromatic heterocycles. The van der Waals surface area contributed by atoms with E-state index >= 15 is 0 Å². The van der Waals surface area contributed by atoms with Crippen LogP contribution in [0.5, 0.6) is 0 Å². The average Bonchev–Trinajstić information content (AvgIpc) is 2.49. The maximum atomic E-state index is 4.58. The molecule has 6 heteroatoms. The third-order valence-corrected chi connectivity index (χ3v) is 3.46. The first-order valence-corrected chi connectivity index (χ1v) is 8.22. The Morgan fingerprint density at radius 1 is 1.17 bits per heavy atom. The maximum Gasteiger partial charge on any atom is 0.191 e. The highest BCUT2D eigenvalue weighted by Crippen LogP contribution is 2.03. The number of nitrogens with zero attached hydrogens (tertiary/aromatic N) is 3. The van der Waals surface area contributed by atoms with Crippen LogP contribution in [0.2, 0.25) is 0 Å². The van der Waals surface area contributed by atoms with Crippen LogP contribution in [0, 0.1) is 0 Å². The molecule has 132 valence electrons. The smallest absolute Gasteiger partial charge is 0.191 e. The van der Waals surface area contributed by atoms with Gasteiger partial charge >= 0.3 is 0 Å². The molecule has 0 spiro atoms. The molecular formula is C17H32IN5. The van der Waals surface area contributed by atoms with Crippen LogP contribution in [0.1, 0.15) is 40.3 Å². The summed E-state index contributed by atoms with van der Waals surface area (Å²) in [4.78, 5) is 11.3. The van der Waals surface area contributed by atoms with E-state index in [-0.39, 0.29) is 24.0 Å². The van der Waals surface area contributed by atoms with E-state index in [4.69, 9.17) is 0 Å². The van der Waals surface area contributed by atoms with Gasteiger partial charge in [0.1, 0.15) is 0 Å². The number of nitrogens with one attached hydrogen (secondary N) is 2. The lowest BCUT2D eigenvalue weighted by atomic mass is 10.2. The molecule has 0 radical (unpaired) electrons. The minimum atomic E-state index is 0. The zero-order valence-electron chi connectivity index (χ0n) is 15.0. The topological polar surface area (TPSA) is 52.6 Å². The summed E-state index contributed by atoms with van der Waals surface area (Å²) in [7, 11) is 0. The van der Waals surface area contributed by atoms with Crippen molar-refractivity contribution in [3.63, 3.8) is 0 Å². The van der Waals surface area contributed by atoms with Gasteiger partial charge in [-0.15, -0.1) is 24.0 Å². The first kappa shape index (κ1) is 22.1. The Morgan fingerprint density at radius 2 is 1.87 bits per heavy atom. The molecule has 2 N–H and O–H groups in total. The second-order valence-corrected chi connectivity index (χ2v) is 5.87. The fraction of sp³-hybridized carbons (Fsp3) is 0.647. The van der Waals surface area contributed by atoms with Gasteiger partial charge in [-0.2, -0.15) is 0 Å². The van der Waals surface area contributed by atoms with Crippen LogP contribution in [0.25, 0.3) is 0 Å². The normalized spacial score (nSPS) is 11.7. The molecule has 0 saturated carbocycles. The lowest BCUT2D eigenvalue weighted by Crippen LogP contribution is -2.45. The molecule has 0 amide bonds. The Balaban J connectivity index is 0.00000484.